The van der Waals surface area contributed by atoms with E-state index in [0.29, 0.717) is 23.9 Å². The molecule has 130 valence electrons. The zero-order valence-corrected chi connectivity index (χ0v) is 14.6. The van der Waals surface area contributed by atoms with Gasteiger partial charge in [-0.2, -0.15) is 0 Å². The lowest BCUT2D eigenvalue weighted by Gasteiger charge is -2.23. The Morgan fingerprint density at radius 1 is 1.20 bits per heavy atom. The predicted molar refractivity (Wildman–Crippen MR) is 93.3 cm³/mol. The molecule has 5 nitrogen and oxygen atoms in total. The topological polar surface area (TPSA) is 55.1 Å². The van der Waals surface area contributed by atoms with E-state index in [1.807, 2.05) is 19.3 Å². The lowest BCUT2D eigenvalue weighted by Crippen LogP contribution is -2.31. The van der Waals surface area contributed by atoms with E-state index in [2.05, 4.69) is 40.0 Å². The van der Waals surface area contributed by atoms with Crippen molar-refractivity contribution < 1.29 is 8.81 Å². The molecule has 0 N–H and O–H groups in total. The number of nitrogens with zero attached hydrogens (tertiary/aromatic N) is 4. The summed E-state index contributed by atoms with van der Waals surface area (Å²) in [5.74, 6) is 0.510. The third kappa shape index (κ3) is 4.28. The van der Waals surface area contributed by atoms with Crippen molar-refractivity contribution in [2.45, 2.75) is 32.9 Å². The van der Waals surface area contributed by atoms with Crippen LogP contribution in [-0.2, 0) is 13.0 Å². The van der Waals surface area contributed by atoms with Crippen molar-refractivity contribution in [2.75, 3.05) is 7.05 Å². The van der Waals surface area contributed by atoms with Crippen molar-refractivity contribution in [1.82, 2.24) is 20.1 Å². The first-order valence-electron chi connectivity index (χ1n) is 8.22. The molecule has 0 fully saturated rings. The Kier molecular flexibility index (Phi) is 5.19. The highest BCUT2D eigenvalue weighted by atomic mass is 19.1. The molecule has 2 aromatic heterocycles. The van der Waals surface area contributed by atoms with Crippen LogP contribution in [0, 0.1) is 12.7 Å². The molecule has 2 heterocycles. The van der Waals surface area contributed by atoms with Gasteiger partial charge in [0.15, 0.2) is 0 Å². The van der Waals surface area contributed by atoms with Gasteiger partial charge in [0.05, 0.1) is 6.54 Å². The van der Waals surface area contributed by atoms with Crippen LogP contribution in [0.3, 0.4) is 0 Å². The number of rotatable bonds is 6. The van der Waals surface area contributed by atoms with Gasteiger partial charge >= 0.3 is 0 Å². The number of likely N-dealkylation sites (N-methyl/N-ethyl adjacent to an activating group) is 1. The molecule has 0 bridgehead atoms. The quantitative estimate of drug-likeness (QED) is 0.686. The first kappa shape index (κ1) is 17.2. The van der Waals surface area contributed by atoms with Crippen LogP contribution in [0.2, 0.25) is 0 Å². The van der Waals surface area contributed by atoms with E-state index in [0.717, 1.165) is 12.1 Å². The largest absolute Gasteiger partial charge is 0.419 e. The van der Waals surface area contributed by atoms with E-state index in [1.54, 1.807) is 12.1 Å². The summed E-state index contributed by atoms with van der Waals surface area (Å²) in [6, 6.07) is 10.4. The third-order valence-corrected chi connectivity index (χ3v) is 4.28. The summed E-state index contributed by atoms with van der Waals surface area (Å²) in [5, 5.41) is 8.09. The molecule has 3 aromatic rings. The number of aryl methyl sites for hydroxylation is 1. The molecular formula is C19H21FN4O. The van der Waals surface area contributed by atoms with Crippen LogP contribution in [0.5, 0.6) is 0 Å². The van der Waals surface area contributed by atoms with E-state index >= 15 is 0 Å². The summed E-state index contributed by atoms with van der Waals surface area (Å²) in [7, 11) is 2.01. The Hall–Kier alpha value is -2.60. The van der Waals surface area contributed by atoms with Gasteiger partial charge in [0, 0.05) is 29.9 Å². The van der Waals surface area contributed by atoms with Crippen LogP contribution < -0.4 is 0 Å². The van der Waals surface area contributed by atoms with Gasteiger partial charge in [0.1, 0.15) is 5.82 Å². The van der Waals surface area contributed by atoms with Crippen molar-refractivity contribution in [3.63, 3.8) is 0 Å². The van der Waals surface area contributed by atoms with Gasteiger partial charge in [0.25, 0.3) is 0 Å². The normalized spacial score (nSPS) is 12.5. The second kappa shape index (κ2) is 7.53. The average Bonchev–Trinajstić information content (AvgIpc) is 3.05. The Bertz CT molecular complexity index is 849. The monoisotopic (exact) mass is 340 g/mol. The highest BCUT2D eigenvalue weighted by Crippen LogP contribution is 2.19. The van der Waals surface area contributed by atoms with E-state index in [-0.39, 0.29) is 11.9 Å². The van der Waals surface area contributed by atoms with E-state index in [1.165, 1.54) is 17.7 Å². The fourth-order valence-electron chi connectivity index (χ4n) is 2.59. The minimum atomic E-state index is -0.325. The lowest BCUT2D eigenvalue weighted by molar-refractivity contribution is 0.224. The summed E-state index contributed by atoms with van der Waals surface area (Å²) >= 11 is 0. The first-order chi connectivity index (χ1) is 12.0. The molecule has 1 aromatic carbocycles. The fraction of sp³-hybridized carbons (Fsp3) is 0.316. The molecule has 1 unspecified atom stereocenters. The first-order valence-corrected chi connectivity index (χ1v) is 8.22. The smallest absolute Gasteiger partial charge is 0.247 e. The van der Waals surface area contributed by atoms with Crippen molar-refractivity contribution in [1.29, 1.82) is 0 Å². The van der Waals surface area contributed by atoms with Gasteiger partial charge < -0.3 is 4.42 Å². The number of benzene rings is 1. The molecule has 0 saturated carbocycles. The minimum absolute atomic E-state index is 0.262. The molecule has 6 heteroatoms. The highest BCUT2D eigenvalue weighted by molar-refractivity contribution is 5.52. The minimum Gasteiger partial charge on any atom is -0.419 e. The number of pyridine rings is 1. The Labute approximate surface area is 146 Å². The SMILES string of the molecule is Cc1cccnc1CC(C)N(C)Cc1nnc(-c2cccc(F)c2)o1. The molecule has 3 rings (SSSR count). The summed E-state index contributed by atoms with van der Waals surface area (Å²) in [6.07, 6.45) is 2.66. The van der Waals surface area contributed by atoms with Crippen LogP contribution in [0.15, 0.2) is 47.0 Å². The standard InChI is InChI=1S/C19H21FN4O/c1-13-6-5-9-21-17(13)10-14(2)24(3)12-18-22-23-19(25-18)15-7-4-8-16(20)11-15/h4-9,11,14H,10,12H2,1-3H3. The van der Waals surface area contributed by atoms with Gasteiger partial charge in [-0.05, 0) is 50.7 Å². The molecule has 0 aliphatic rings. The zero-order chi connectivity index (χ0) is 17.8. The fourth-order valence-corrected chi connectivity index (χ4v) is 2.59. The molecule has 0 aliphatic carbocycles. The number of hydrogen-bond acceptors (Lipinski definition) is 5. The van der Waals surface area contributed by atoms with Crippen molar-refractivity contribution >= 4 is 0 Å². The maximum absolute atomic E-state index is 13.3. The molecule has 0 aliphatic heterocycles. The molecule has 0 amide bonds. The number of halogens is 1. The third-order valence-electron chi connectivity index (χ3n) is 4.28. The van der Waals surface area contributed by atoms with Crippen molar-refractivity contribution in [3.05, 3.63) is 65.6 Å². The maximum Gasteiger partial charge on any atom is 0.247 e. The average molecular weight is 340 g/mol. The van der Waals surface area contributed by atoms with Crippen molar-refractivity contribution in [2.24, 2.45) is 0 Å². The Balaban J connectivity index is 1.65. The summed E-state index contributed by atoms with van der Waals surface area (Å²) in [4.78, 5) is 6.58. The van der Waals surface area contributed by atoms with E-state index < -0.39 is 0 Å². The molecule has 1 atom stereocenters. The Morgan fingerprint density at radius 2 is 2.04 bits per heavy atom. The summed E-state index contributed by atoms with van der Waals surface area (Å²) in [6.45, 7) is 4.73. The highest BCUT2D eigenvalue weighted by Gasteiger charge is 2.16. The molecule has 0 spiro atoms. The van der Waals surface area contributed by atoms with Gasteiger partial charge in [-0.15, -0.1) is 10.2 Å². The van der Waals surface area contributed by atoms with Gasteiger partial charge in [-0.3, -0.25) is 9.88 Å². The van der Waals surface area contributed by atoms with E-state index in [9.17, 15) is 4.39 Å². The second-order valence-corrected chi connectivity index (χ2v) is 6.25. The number of aromatic nitrogens is 3. The second-order valence-electron chi connectivity index (χ2n) is 6.25. The predicted octanol–water partition coefficient (Wildman–Crippen LogP) is 3.64. The molecule has 0 saturated heterocycles. The Morgan fingerprint density at radius 3 is 2.80 bits per heavy atom. The van der Waals surface area contributed by atoms with Crippen LogP contribution in [-0.4, -0.2) is 33.2 Å². The van der Waals surface area contributed by atoms with Crippen LogP contribution in [0.1, 0.15) is 24.1 Å². The van der Waals surface area contributed by atoms with Crippen LogP contribution in [0.25, 0.3) is 11.5 Å². The van der Waals surface area contributed by atoms with Crippen molar-refractivity contribution in [3.8, 4) is 11.5 Å². The van der Waals surface area contributed by atoms with Crippen LogP contribution >= 0.6 is 0 Å². The van der Waals surface area contributed by atoms with Gasteiger partial charge in [0.2, 0.25) is 11.8 Å². The molecule has 25 heavy (non-hydrogen) atoms. The zero-order valence-electron chi connectivity index (χ0n) is 14.6. The summed E-state index contributed by atoms with van der Waals surface area (Å²) < 4.78 is 19.0. The number of hydrogen-bond donors (Lipinski definition) is 0. The molecule has 0 radical (unpaired) electrons. The van der Waals surface area contributed by atoms with E-state index in [4.69, 9.17) is 4.42 Å². The summed E-state index contributed by atoms with van der Waals surface area (Å²) in [5.41, 5.74) is 2.86. The van der Waals surface area contributed by atoms with Gasteiger partial charge in [-0.1, -0.05) is 12.1 Å². The maximum atomic E-state index is 13.3. The van der Waals surface area contributed by atoms with Gasteiger partial charge in [-0.25, -0.2) is 4.39 Å². The lowest BCUT2D eigenvalue weighted by atomic mass is 10.1. The molecular weight excluding hydrogens is 319 g/mol. The van der Waals surface area contributed by atoms with Crippen LogP contribution in [0.4, 0.5) is 4.39 Å².